The molecule has 0 saturated carbocycles. The van der Waals surface area contributed by atoms with E-state index in [-0.39, 0.29) is 5.41 Å². The lowest BCUT2D eigenvalue weighted by Gasteiger charge is -2.19. The fourth-order valence-electron chi connectivity index (χ4n) is 3.57. The molecule has 1 N–H and O–H groups in total. The molecule has 0 unspecified atom stereocenters. The number of aromatic nitrogens is 2. The van der Waals surface area contributed by atoms with Gasteiger partial charge in [-0.3, -0.25) is 4.98 Å². The van der Waals surface area contributed by atoms with Crippen molar-refractivity contribution in [2.45, 2.75) is 39.0 Å². The second-order valence-corrected chi connectivity index (χ2v) is 8.49. The lowest BCUT2D eigenvalue weighted by atomic mass is 9.87. The van der Waals surface area contributed by atoms with Gasteiger partial charge < -0.3 is 5.32 Å². The molecule has 3 heteroatoms. The van der Waals surface area contributed by atoms with Crippen LogP contribution in [-0.4, -0.2) is 9.97 Å². The third kappa shape index (κ3) is 4.45. The third-order valence-corrected chi connectivity index (χ3v) is 5.30. The van der Waals surface area contributed by atoms with Gasteiger partial charge in [0.1, 0.15) is 5.82 Å². The van der Waals surface area contributed by atoms with Crippen molar-refractivity contribution in [1.29, 1.82) is 0 Å². The fourth-order valence-corrected chi connectivity index (χ4v) is 3.57. The zero-order valence-corrected chi connectivity index (χ0v) is 17.3. The number of benzene rings is 2. The van der Waals surface area contributed by atoms with E-state index >= 15 is 0 Å². The zero-order chi connectivity index (χ0) is 20.3. The number of nitrogens with one attached hydrogen (secondary N) is 1. The predicted molar refractivity (Wildman–Crippen MR) is 122 cm³/mol. The van der Waals surface area contributed by atoms with Gasteiger partial charge in [-0.15, -0.1) is 0 Å². The molecular weight excluding hydrogens is 354 g/mol. The van der Waals surface area contributed by atoms with Crippen molar-refractivity contribution in [1.82, 2.24) is 9.97 Å². The smallest absolute Gasteiger partial charge is 0.138 e. The summed E-state index contributed by atoms with van der Waals surface area (Å²) in [4.78, 5) is 8.97. The van der Waals surface area contributed by atoms with Gasteiger partial charge in [-0.2, -0.15) is 0 Å². The first-order valence-electron chi connectivity index (χ1n) is 10.1. The monoisotopic (exact) mass is 381 g/mol. The van der Waals surface area contributed by atoms with Crippen molar-refractivity contribution in [3.05, 3.63) is 95.9 Å². The summed E-state index contributed by atoms with van der Waals surface area (Å²) in [6.07, 6.45) is 7.66. The van der Waals surface area contributed by atoms with Crippen LogP contribution >= 0.6 is 0 Å². The maximum absolute atomic E-state index is 4.76. The minimum Gasteiger partial charge on any atom is -0.340 e. The van der Waals surface area contributed by atoms with Crippen LogP contribution in [-0.2, 0) is 18.3 Å². The number of nitrogens with zero attached hydrogens (tertiary/aromatic N) is 2. The van der Waals surface area contributed by atoms with E-state index in [4.69, 9.17) is 4.98 Å². The Balaban J connectivity index is 1.59. The fraction of sp³-hybridized carbons (Fsp3) is 0.231. The predicted octanol–water partition coefficient (Wildman–Crippen LogP) is 6.46. The van der Waals surface area contributed by atoms with Crippen LogP contribution in [0.25, 0.3) is 10.8 Å². The van der Waals surface area contributed by atoms with Gasteiger partial charge in [0.15, 0.2) is 0 Å². The highest BCUT2D eigenvalue weighted by Gasteiger charge is 2.13. The van der Waals surface area contributed by atoms with Gasteiger partial charge in [0.25, 0.3) is 0 Å². The van der Waals surface area contributed by atoms with Crippen molar-refractivity contribution < 1.29 is 0 Å². The van der Waals surface area contributed by atoms with E-state index in [0.29, 0.717) is 0 Å². The second-order valence-electron chi connectivity index (χ2n) is 8.49. The largest absolute Gasteiger partial charge is 0.340 e. The van der Waals surface area contributed by atoms with Gasteiger partial charge in [-0.25, -0.2) is 4.98 Å². The molecule has 0 atom stereocenters. The van der Waals surface area contributed by atoms with E-state index in [1.165, 1.54) is 22.1 Å². The molecule has 0 aliphatic carbocycles. The van der Waals surface area contributed by atoms with Crippen LogP contribution < -0.4 is 5.32 Å². The number of anilines is 2. The molecule has 0 spiro atoms. The zero-order valence-electron chi connectivity index (χ0n) is 17.3. The highest BCUT2D eigenvalue weighted by atomic mass is 15.0. The van der Waals surface area contributed by atoms with E-state index in [9.17, 15) is 0 Å². The molecule has 4 rings (SSSR count). The number of rotatable bonds is 5. The molecule has 0 saturated heterocycles. The van der Waals surface area contributed by atoms with Crippen molar-refractivity contribution >= 4 is 22.3 Å². The van der Waals surface area contributed by atoms with Gasteiger partial charge in [0.2, 0.25) is 0 Å². The molecule has 0 fully saturated rings. The second kappa shape index (κ2) is 8.04. The maximum Gasteiger partial charge on any atom is 0.138 e. The van der Waals surface area contributed by atoms with Crippen LogP contribution in [0.1, 0.15) is 37.5 Å². The number of aryl methyl sites for hydroxylation is 2. The summed E-state index contributed by atoms with van der Waals surface area (Å²) in [6, 6.07) is 21.2. The Hall–Kier alpha value is -3.20. The maximum atomic E-state index is 4.76. The van der Waals surface area contributed by atoms with Gasteiger partial charge >= 0.3 is 0 Å². The number of hydrogen-bond acceptors (Lipinski definition) is 3. The minimum absolute atomic E-state index is 0.152. The van der Waals surface area contributed by atoms with Crippen LogP contribution in [0.4, 0.5) is 11.5 Å². The van der Waals surface area contributed by atoms with Crippen LogP contribution in [0.3, 0.4) is 0 Å². The minimum atomic E-state index is 0.152. The molecule has 2 aromatic carbocycles. The highest BCUT2D eigenvalue weighted by molar-refractivity contribution is 5.95. The van der Waals surface area contributed by atoms with E-state index < -0.39 is 0 Å². The molecule has 0 bridgehead atoms. The first kappa shape index (κ1) is 19.1. The Morgan fingerprint density at radius 2 is 1.55 bits per heavy atom. The Labute approximate surface area is 172 Å². The summed E-state index contributed by atoms with van der Waals surface area (Å²) in [5.74, 6) is 0.897. The normalized spacial score (nSPS) is 11.6. The molecular formula is C26H27N3. The number of fused-ring (bicyclic) bond motifs is 1. The average molecular weight is 382 g/mol. The first-order chi connectivity index (χ1) is 14.0. The van der Waals surface area contributed by atoms with E-state index in [1.54, 1.807) is 0 Å². The molecule has 3 nitrogen and oxygen atoms in total. The first-order valence-corrected chi connectivity index (χ1v) is 10.1. The van der Waals surface area contributed by atoms with Crippen molar-refractivity contribution in [2.75, 3.05) is 5.32 Å². The SMILES string of the molecule is CC(C)(C)c1ccc(Nc2ncc(CCc3cccnc3)c3ccccc23)cc1. The van der Waals surface area contributed by atoms with Crippen LogP contribution in [0.5, 0.6) is 0 Å². The summed E-state index contributed by atoms with van der Waals surface area (Å²) in [5.41, 5.74) is 5.04. The van der Waals surface area contributed by atoms with Crippen LogP contribution in [0.2, 0.25) is 0 Å². The van der Waals surface area contributed by atoms with Gasteiger partial charge in [0.05, 0.1) is 0 Å². The summed E-state index contributed by atoms with van der Waals surface area (Å²) in [6.45, 7) is 6.69. The van der Waals surface area contributed by atoms with Gasteiger partial charge in [0, 0.05) is 29.7 Å². The molecule has 29 heavy (non-hydrogen) atoms. The lowest BCUT2D eigenvalue weighted by Crippen LogP contribution is -2.10. The Bertz CT molecular complexity index is 1090. The molecule has 146 valence electrons. The molecule has 0 amide bonds. The van der Waals surface area contributed by atoms with Gasteiger partial charge in [-0.05, 0) is 58.5 Å². The summed E-state index contributed by atoms with van der Waals surface area (Å²) < 4.78 is 0. The Morgan fingerprint density at radius 3 is 2.24 bits per heavy atom. The third-order valence-electron chi connectivity index (χ3n) is 5.30. The summed E-state index contributed by atoms with van der Waals surface area (Å²) in [7, 11) is 0. The molecule has 2 heterocycles. The number of pyridine rings is 2. The Kier molecular flexibility index (Phi) is 5.30. The molecule has 0 aliphatic heterocycles. The van der Waals surface area contributed by atoms with E-state index in [1.807, 2.05) is 24.7 Å². The lowest BCUT2D eigenvalue weighted by molar-refractivity contribution is 0.590. The Morgan fingerprint density at radius 1 is 0.793 bits per heavy atom. The van der Waals surface area contributed by atoms with Gasteiger partial charge in [-0.1, -0.05) is 63.2 Å². The molecule has 4 aromatic rings. The molecule has 2 aromatic heterocycles. The topological polar surface area (TPSA) is 37.8 Å². The van der Waals surface area contributed by atoms with Crippen molar-refractivity contribution in [3.63, 3.8) is 0 Å². The quantitative estimate of drug-likeness (QED) is 0.431. The van der Waals surface area contributed by atoms with Crippen molar-refractivity contribution in [2.24, 2.45) is 0 Å². The van der Waals surface area contributed by atoms with Crippen LogP contribution in [0.15, 0.2) is 79.3 Å². The molecule has 0 aliphatic rings. The summed E-state index contributed by atoms with van der Waals surface area (Å²) in [5, 5.41) is 5.90. The average Bonchev–Trinajstić information content (AvgIpc) is 2.74. The van der Waals surface area contributed by atoms with Crippen molar-refractivity contribution in [3.8, 4) is 0 Å². The number of hydrogen-bond donors (Lipinski definition) is 1. The van der Waals surface area contributed by atoms with Crippen LogP contribution in [0, 0.1) is 0 Å². The van der Waals surface area contributed by atoms with E-state index in [0.717, 1.165) is 29.7 Å². The van der Waals surface area contributed by atoms with E-state index in [2.05, 4.69) is 85.7 Å². The molecule has 0 radical (unpaired) electrons. The standard InChI is InChI=1S/C26H27N3/c1-26(2,3)21-12-14-22(15-13-21)29-25-24-9-5-4-8-23(24)20(18-28-25)11-10-19-7-6-16-27-17-19/h4-9,12-18H,10-11H2,1-3H3,(H,28,29). The summed E-state index contributed by atoms with van der Waals surface area (Å²) >= 11 is 0. The highest BCUT2D eigenvalue weighted by Crippen LogP contribution is 2.29.